The fourth-order valence-electron chi connectivity index (χ4n) is 3.92. The van der Waals surface area contributed by atoms with Crippen LogP contribution in [0.3, 0.4) is 0 Å². The lowest BCUT2D eigenvalue weighted by atomic mass is 9.93. The SMILES string of the molecule is CNCCC1CCN(C(=O)c2ccc(N3CCCCC3)cc2)CC1.Cl.Cl. The number of halogens is 2. The number of benzene rings is 1. The van der Waals surface area contributed by atoms with Crippen molar-refractivity contribution in [2.45, 2.75) is 38.5 Å². The van der Waals surface area contributed by atoms with Crippen LogP contribution in [0.4, 0.5) is 5.69 Å². The molecule has 0 atom stereocenters. The highest BCUT2D eigenvalue weighted by molar-refractivity contribution is 5.94. The molecule has 0 spiro atoms. The van der Waals surface area contributed by atoms with Crippen molar-refractivity contribution >= 4 is 36.4 Å². The van der Waals surface area contributed by atoms with Gasteiger partial charge in [0.15, 0.2) is 0 Å². The summed E-state index contributed by atoms with van der Waals surface area (Å²) >= 11 is 0. The number of carbonyl (C=O) groups is 1. The number of nitrogens with zero attached hydrogens (tertiary/aromatic N) is 2. The fourth-order valence-corrected chi connectivity index (χ4v) is 3.92. The Hall–Kier alpha value is -0.970. The molecular weight excluding hydrogens is 369 g/mol. The Labute approximate surface area is 170 Å². The van der Waals surface area contributed by atoms with E-state index >= 15 is 0 Å². The molecule has 0 saturated carbocycles. The van der Waals surface area contributed by atoms with Crippen LogP contribution in [0.1, 0.15) is 48.9 Å². The number of piperidine rings is 2. The van der Waals surface area contributed by atoms with Crippen LogP contribution in [0.2, 0.25) is 0 Å². The maximum absolute atomic E-state index is 12.7. The summed E-state index contributed by atoms with van der Waals surface area (Å²) in [6.45, 7) is 5.18. The minimum absolute atomic E-state index is 0. The fraction of sp³-hybridized carbons (Fsp3) is 0.650. The highest BCUT2D eigenvalue weighted by Crippen LogP contribution is 2.23. The first-order chi connectivity index (χ1) is 11.8. The minimum Gasteiger partial charge on any atom is -0.372 e. The summed E-state index contributed by atoms with van der Waals surface area (Å²) in [5, 5.41) is 3.22. The zero-order chi connectivity index (χ0) is 16.8. The van der Waals surface area contributed by atoms with Crippen molar-refractivity contribution < 1.29 is 4.79 Å². The number of likely N-dealkylation sites (tertiary alicyclic amines) is 1. The van der Waals surface area contributed by atoms with Gasteiger partial charge >= 0.3 is 0 Å². The molecule has 3 rings (SSSR count). The highest BCUT2D eigenvalue weighted by atomic mass is 35.5. The zero-order valence-corrected chi connectivity index (χ0v) is 17.4. The second kappa shape index (κ2) is 11.7. The Kier molecular flexibility index (Phi) is 10.4. The number of amides is 1. The second-order valence-corrected chi connectivity index (χ2v) is 7.22. The van der Waals surface area contributed by atoms with E-state index < -0.39 is 0 Å². The molecule has 0 unspecified atom stereocenters. The first kappa shape index (κ1) is 23.1. The Morgan fingerprint density at radius 3 is 2.19 bits per heavy atom. The van der Waals surface area contributed by atoms with Crippen molar-refractivity contribution in [2.24, 2.45) is 5.92 Å². The summed E-state index contributed by atoms with van der Waals surface area (Å²) < 4.78 is 0. The van der Waals surface area contributed by atoms with E-state index in [1.54, 1.807) is 0 Å². The van der Waals surface area contributed by atoms with E-state index in [0.717, 1.165) is 57.0 Å². The summed E-state index contributed by atoms with van der Waals surface area (Å²) in [6.07, 6.45) is 7.41. The molecule has 26 heavy (non-hydrogen) atoms. The monoisotopic (exact) mass is 401 g/mol. The van der Waals surface area contributed by atoms with Crippen LogP contribution in [0, 0.1) is 5.92 Å². The molecule has 0 bridgehead atoms. The van der Waals surface area contributed by atoms with Gasteiger partial charge < -0.3 is 15.1 Å². The van der Waals surface area contributed by atoms with Crippen LogP contribution in [0.5, 0.6) is 0 Å². The number of hydrogen-bond donors (Lipinski definition) is 1. The van der Waals surface area contributed by atoms with Crippen molar-refractivity contribution in [1.82, 2.24) is 10.2 Å². The van der Waals surface area contributed by atoms with Crippen LogP contribution in [0.15, 0.2) is 24.3 Å². The van der Waals surface area contributed by atoms with Gasteiger partial charge in [0.25, 0.3) is 5.91 Å². The molecule has 6 heteroatoms. The molecule has 2 saturated heterocycles. The van der Waals surface area contributed by atoms with Crippen molar-refractivity contribution in [3.63, 3.8) is 0 Å². The predicted molar refractivity (Wildman–Crippen MR) is 114 cm³/mol. The molecule has 1 aromatic carbocycles. The number of anilines is 1. The lowest BCUT2D eigenvalue weighted by Crippen LogP contribution is -2.39. The van der Waals surface area contributed by atoms with Gasteiger partial charge in [-0.2, -0.15) is 0 Å². The third-order valence-corrected chi connectivity index (χ3v) is 5.54. The summed E-state index contributed by atoms with van der Waals surface area (Å²) in [6, 6.07) is 8.27. The van der Waals surface area contributed by atoms with Crippen LogP contribution >= 0.6 is 24.8 Å². The summed E-state index contributed by atoms with van der Waals surface area (Å²) in [7, 11) is 2.01. The summed E-state index contributed by atoms with van der Waals surface area (Å²) in [5.41, 5.74) is 2.10. The Morgan fingerprint density at radius 2 is 1.62 bits per heavy atom. The summed E-state index contributed by atoms with van der Waals surface area (Å²) in [4.78, 5) is 17.2. The Bertz CT molecular complexity index is 524. The molecule has 148 valence electrons. The smallest absolute Gasteiger partial charge is 0.253 e. The first-order valence-electron chi connectivity index (χ1n) is 9.57. The van der Waals surface area contributed by atoms with Gasteiger partial charge in [0.2, 0.25) is 0 Å². The van der Waals surface area contributed by atoms with Crippen LogP contribution < -0.4 is 10.2 Å². The van der Waals surface area contributed by atoms with Crippen molar-refractivity contribution in [3.05, 3.63) is 29.8 Å². The average molecular weight is 402 g/mol. The topological polar surface area (TPSA) is 35.6 Å². The zero-order valence-electron chi connectivity index (χ0n) is 15.8. The van der Waals surface area contributed by atoms with E-state index in [-0.39, 0.29) is 30.7 Å². The Morgan fingerprint density at radius 1 is 1.00 bits per heavy atom. The molecule has 1 amide bonds. The standard InChI is InChI=1S/C20H31N3O.2ClH/c1-21-12-9-17-10-15-23(16-11-17)20(24)18-5-7-19(8-6-18)22-13-3-2-4-14-22;;/h5-8,17,21H,2-4,9-16H2,1H3;2*1H. The number of carbonyl (C=O) groups excluding carboxylic acids is 1. The molecule has 2 aliphatic rings. The molecule has 2 fully saturated rings. The first-order valence-corrected chi connectivity index (χ1v) is 9.57. The molecule has 0 aromatic heterocycles. The van der Waals surface area contributed by atoms with E-state index in [2.05, 4.69) is 22.3 Å². The van der Waals surface area contributed by atoms with Gasteiger partial charge in [0, 0.05) is 37.4 Å². The quantitative estimate of drug-likeness (QED) is 0.809. The molecule has 0 radical (unpaired) electrons. The highest BCUT2D eigenvalue weighted by Gasteiger charge is 2.23. The number of nitrogens with one attached hydrogen (secondary N) is 1. The molecule has 0 aliphatic carbocycles. The Balaban J connectivity index is 0.00000169. The van der Waals surface area contributed by atoms with Gasteiger partial charge in [0.1, 0.15) is 0 Å². The van der Waals surface area contributed by atoms with E-state index in [9.17, 15) is 4.79 Å². The van der Waals surface area contributed by atoms with Crippen molar-refractivity contribution in [2.75, 3.05) is 44.7 Å². The molecule has 1 N–H and O–H groups in total. The lowest BCUT2D eigenvalue weighted by Gasteiger charge is -2.32. The third kappa shape index (κ3) is 6.04. The largest absolute Gasteiger partial charge is 0.372 e. The molecular formula is C20H33Cl2N3O. The minimum atomic E-state index is 0. The van der Waals surface area contributed by atoms with E-state index in [1.165, 1.54) is 31.4 Å². The third-order valence-electron chi connectivity index (χ3n) is 5.54. The van der Waals surface area contributed by atoms with Gasteiger partial charge in [0.05, 0.1) is 0 Å². The summed E-state index contributed by atoms with van der Waals surface area (Å²) in [5.74, 6) is 0.968. The maximum Gasteiger partial charge on any atom is 0.253 e. The van der Waals surface area contributed by atoms with Gasteiger partial charge in [-0.3, -0.25) is 4.79 Å². The van der Waals surface area contributed by atoms with E-state index in [1.807, 2.05) is 24.1 Å². The number of rotatable bonds is 5. The molecule has 1 aromatic rings. The predicted octanol–water partition coefficient (Wildman–Crippen LogP) is 3.98. The second-order valence-electron chi connectivity index (χ2n) is 7.22. The molecule has 2 aliphatic heterocycles. The molecule has 4 nitrogen and oxygen atoms in total. The van der Waals surface area contributed by atoms with E-state index in [4.69, 9.17) is 0 Å². The molecule has 2 heterocycles. The van der Waals surface area contributed by atoms with E-state index in [0.29, 0.717) is 0 Å². The van der Waals surface area contributed by atoms with Crippen molar-refractivity contribution in [1.29, 1.82) is 0 Å². The van der Waals surface area contributed by atoms with Gasteiger partial charge in [-0.25, -0.2) is 0 Å². The van der Waals surface area contributed by atoms with Gasteiger partial charge in [-0.1, -0.05) is 0 Å². The maximum atomic E-state index is 12.7. The van der Waals surface area contributed by atoms with Crippen LogP contribution in [-0.4, -0.2) is 50.6 Å². The van der Waals surface area contributed by atoms with Crippen LogP contribution in [-0.2, 0) is 0 Å². The van der Waals surface area contributed by atoms with Crippen molar-refractivity contribution in [3.8, 4) is 0 Å². The number of hydrogen-bond acceptors (Lipinski definition) is 3. The van der Waals surface area contributed by atoms with Gasteiger partial charge in [-0.05, 0) is 82.3 Å². The van der Waals surface area contributed by atoms with Crippen LogP contribution in [0.25, 0.3) is 0 Å². The van der Waals surface area contributed by atoms with Gasteiger partial charge in [-0.15, -0.1) is 24.8 Å². The normalized spacial score (nSPS) is 18.0. The average Bonchev–Trinajstić information content (AvgIpc) is 2.67. The lowest BCUT2D eigenvalue weighted by molar-refractivity contribution is 0.0687.